The third-order valence-corrected chi connectivity index (χ3v) is 4.40. The molecule has 0 fully saturated rings. The smallest absolute Gasteiger partial charge is 0.335 e. The highest BCUT2D eigenvalue weighted by molar-refractivity contribution is 6.36. The van der Waals surface area contributed by atoms with Crippen molar-refractivity contribution >= 4 is 46.7 Å². The van der Waals surface area contributed by atoms with Crippen LogP contribution in [0.3, 0.4) is 0 Å². The molecule has 0 unspecified atom stereocenters. The van der Waals surface area contributed by atoms with Crippen LogP contribution in [0.25, 0.3) is 0 Å². The zero-order chi connectivity index (χ0) is 20.8. The van der Waals surface area contributed by atoms with Crippen molar-refractivity contribution in [1.82, 2.24) is 10.7 Å². The van der Waals surface area contributed by atoms with E-state index in [1.807, 2.05) is 0 Å². The number of hydrogen-bond acceptors (Lipinski definition) is 4. The number of carboxylic acid groups (broad SMARTS) is 1. The molecule has 0 aliphatic carbocycles. The lowest BCUT2D eigenvalue weighted by Crippen LogP contribution is -2.51. The highest BCUT2D eigenvalue weighted by Gasteiger charge is 2.25. The van der Waals surface area contributed by atoms with Gasteiger partial charge >= 0.3 is 5.97 Å². The average molecular weight is 424 g/mol. The number of amides is 2. The monoisotopic (exact) mass is 423 g/mol. The molecule has 1 atom stereocenters. The predicted octanol–water partition coefficient (Wildman–Crippen LogP) is 3.59. The van der Waals surface area contributed by atoms with Gasteiger partial charge in [0.05, 0.1) is 21.8 Å². The summed E-state index contributed by atoms with van der Waals surface area (Å²) in [5.74, 6) is -2.30. The zero-order valence-electron chi connectivity index (χ0n) is 15.1. The van der Waals surface area contributed by atoms with Crippen LogP contribution in [-0.2, 0) is 4.79 Å². The van der Waals surface area contributed by atoms with Gasteiger partial charge in [-0.3, -0.25) is 20.4 Å². The molecule has 0 bridgehead atoms. The van der Waals surface area contributed by atoms with Crippen molar-refractivity contribution in [2.45, 2.75) is 19.9 Å². The third-order valence-electron chi connectivity index (χ3n) is 3.85. The first-order valence-corrected chi connectivity index (χ1v) is 9.09. The van der Waals surface area contributed by atoms with Crippen LogP contribution in [0.4, 0.5) is 5.69 Å². The molecule has 2 aromatic carbocycles. The van der Waals surface area contributed by atoms with E-state index >= 15 is 0 Å². The number of carboxylic acids is 1. The first-order valence-electron chi connectivity index (χ1n) is 8.34. The summed E-state index contributed by atoms with van der Waals surface area (Å²) in [6.45, 7) is 3.55. The molecule has 0 radical (unpaired) electrons. The van der Waals surface area contributed by atoms with E-state index in [0.29, 0.717) is 10.7 Å². The molecule has 0 heterocycles. The zero-order valence-corrected chi connectivity index (χ0v) is 16.6. The summed E-state index contributed by atoms with van der Waals surface area (Å²) in [7, 11) is 0. The number of anilines is 1. The number of benzene rings is 2. The lowest BCUT2D eigenvalue weighted by Gasteiger charge is -2.22. The summed E-state index contributed by atoms with van der Waals surface area (Å²) in [6.07, 6.45) is 0. The maximum absolute atomic E-state index is 12.5. The SMILES string of the molecule is CC(C)[C@@H](NC(=O)c1ccc(Cl)cc1Cl)C(=O)NNc1cccc(C(=O)O)c1. The fourth-order valence-corrected chi connectivity index (χ4v) is 2.86. The van der Waals surface area contributed by atoms with E-state index < -0.39 is 23.8 Å². The maximum atomic E-state index is 12.5. The molecule has 0 spiro atoms. The van der Waals surface area contributed by atoms with E-state index in [0.717, 1.165) is 0 Å². The fraction of sp³-hybridized carbons (Fsp3) is 0.211. The van der Waals surface area contributed by atoms with Gasteiger partial charge < -0.3 is 10.4 Å². The molecule has 2 amide bonds. The van der Waals surface area contributed by atoms with Crippen molar-refractivity contribution < 1.29 is 19.5 Å². The van der Waals surface area contributed by atoms with Crippen LogP contribution in [0.15, 0.2) is 42.5 Å². The van der Waals surface area contributed by atoms with Crippen LogP contribution < -0.4 is 16.2 Å². The van der Waals surface area contributed by atoms with Crippen LogP contribution >= 0.6 is 23.2 Å². The minimum atomic E-state index is -1.08. The van der Waals surface area contributed by atoms with Gasteiger partial charge in [0.25, 0.3) is 11.8 Å². The normalized spacial score (nSPS) is 11.6. The van der Waals surface area contributed by atoms with Gasteiger partial charge in [-0.25, -0.2) is 4.79 Å². The van der Waals surface area contributed by atoms with Crippen LogP contribution in [0.5, 0.6) is 0 Å². The van der Waals surface area contributed by atoms with E-state index in [-0.39, 0.29) is 22.1 Å². The second kappa shape index (κ2) is 9.43. The Balaban J connectivity index is 2.06. The van der Waals surface area contributed by atoms with Gasteiger partial charge in [-0.1, -0.05) is 43.1 Å². The Bertz CT molecular complexity index is 902. The van der Waals surface area contributed by atoms with Crippen LogP contribution in [0, 0.1) is 5.92 Å². The Morgan fingerprint density at radius 3 is 2.36 bits per heavy atom. The molecule has 148 valence electrons. The van der Waals surface area contributed by atoms with E-state index in [9.17, 15) is 14.4 Å². The fourth-order valence-electron chi connectivity index (χ4n) is 2.37. The van der Waals surface area contributed by atoms with Crippen LogP contribution in [0.2, 0.25) is 10.0 Å². The van der Waals surface area contributed by atoms with Gasteiger partial charge in [0.2, 0.25) is 0 Å². The molecule has 2 aromatic rings. The Morgan fingerprint density at radius 2 is 1.75 bits per heavy atom. The van der Waals surface area contributed by atoms with Gasteiger partial charge in [-0.2, -0.15) is 0 Å². The standard InChI is InChI=1S/C19H19Cl2N3O4/c1-10(2)16(22-17(25)14-7-6-12(20)9-15(14)21)18(26)24-23-13-5-3-4-11(8-13)19(27)28/h3-10,16,23H,1-2H3,(H,22,25)(H,24,26)(H,27,28)/t16-/m1/s1. The molecular formula is C19H19Cl2N3O4. The molecule has 9 heteroatoms. The van der Waals surface area contributed by atoms with E-state index in [1.165, 1.54) is 30.3 Å². The van der Waals surface area contributed by atoms with Gasteiger partial charge in [0, 0.05) is 5.02 Å². The Kier molecular flexibility index (Phi) is 7.25. The van der Waals surface area contributed by atoms with Crippen molar-refractivity contribution in [2.75, 3.05) is 5.43 Å². The Labute approximate surface area is 172 Å². The molecule has 0 aromatic heterocycles. The topological polar surface area (TPSA) is 108 Å². The Hall–Kier alpha value is -2.77. The Morgan fingerprint density at radius 1 is 1.04 bits per heavy atom. The van der Waals surface area contributed by atoms with Crippen molar-refractivity contribution in [3.05, 3.63) is 63.6 Å². The quantitative estimate of drug-likeness (QED) is 0.509. The molecule has 0 aliphatic rings. The van der Waals surface area contributed by atoms with Gasteiger partial charge in [-0.05, 0) is 42.3 Å². The summed E-state index contributed by atoms with van der Waals surface area (Å²) in [5.41, 5.74) is 5.79. The van der Waals surface area contributed by atoms with Crippen molar-refractivity contribution in [3.63, 3.8) is 0 Å². The molecule has 28 heavy (non-hydrogen) atoms. The largest absolute Gasteiger partial charge is 0.478 e. The molecule has 7 nitrogen and oxygen atoms in total. The number of hydrogen-bond donors (Lipinski definition) is 4. The predicted molar refractivity (Wildman–Crippen MR) is 108 cm³/mol. The van der Waals surface area contributed by atoms with E-state index in [4.69, 9.17) is 28.3 Å². The highest BCUT2D eigenvalue weighted by atomic mass is 35.5. The number of aromatic carboxylic acids is 1. The second-order valence-corrected chi connectivity index (χ2v) is 7.16. The molecule has 0 saturated heterocycles. The molecule has 0 aliphatic heterocycles. The third kappa shape index (κ3) is 5.61. The summed E-state index contributed by atoms with van der Waals surface area (Å²) >= 11 is 11.9. The number of rotatable bonds is 7. The van der Waals surface area contributed by atoms with Gasteiger partial charge in [0.1, 0.15) is 6.04 Å². The number of halogens is 2. The molecule has 2 rings (SSSR count). The number of carbonyl (C=O) groups is 3. The van der Waals surface area contributed by atoms with Gasteiger partial charge in [0.15, 0.2) is 0 Å². The lowest BCUT2D eigenvalue weighted by molar-refractivity contribution is -0.123. The minimum absolute atomic E-state index is 0.0744. The van der Waals surface area contributed by atoms with E-state index in [1.54, 1.807) is 26.0 Å². The second-order valence-electron chi connectivity index (χ2n) is 6.32. The minimum Gasteiger partial charge on any atom is -0.478 e. The molecule has 4 N–H and O–H groups in total. The molecular weight excluding hydrogens is 405 g/mol. The number of carbonyl (C=O) groups excluding carboxylic acids is 2. The number of hydrazine groups is 1. The summed E-state index contributed by atoms with van der Waals surface area (Å²) in [4.78, 5) is 36.0. The maximum Gasteiger partial charge on any atom is 0.335 e. The van der Waals surface area contributed by atoms with Crippen molar-refractivity contribution in [1.29, 1.82) is 0 Å². The van der Waals surface area contributed by atoms with Crippen LogP contribution in [0.1, 0.15) is 34.6 Å². The average Bonchev–Trinajstić information content (AvgIpc) is 2.63. The van der Waals surface area contributed by atoms with E-state index in [2.05, 4.69) is 16.2 Å². The highest BCUT2D eigenvalue weighted by Crippen LogP contribution is 2.21. The number of nitrogens with one attached hydrogen (secondary N) is 3. The van der Waals surface area contributed by atoms with Crippen LogP contribution in [-0.4, -0.2) is 28.9 Å². The first-order chi connectivity index (χ1) is 13.2. The molecule has 0 saturated carbocycles. The summed E-state index contributed by atoms with van der Waals surface area (Å²) in [5, 5.41) is 12.2. The van der Waals surface area contributed by atoms with Gasteiger partial charge in [-0.15, -0.1) is 0 Å². The van der Waals surface area contributed by atoms with Crippen molar-refractivity contribution in [2.24, 2.45) is 5.92 Å². The first kappa shape index (κ1) is 21.5. The summed E-state index contributed by atoms with van der Waals surface area (Å²) in [6, 6.07) is 9.55. The lowest BCUT2D eigenvalue weighted by atomic mass is 10.0. The van der Waals surface area contributed by atoms with Crippen molar-refractivity contribution in [3.8, 4) is 0 Å². The summed E-state index contributed by atoms with van der Waals surface area (Å²) < 4.78 is 0.